The second kappa shape index (κ2) is 11.4. The summed E-state index contributed by atoms with van der Waals surface area (Å²) in [6.07, 6.45) is 9.52. The van der Waals surface area contributed by atoms with Gasteiger partial charge in [0.2, 0.25) is 0 Å². The Kier molecular flexibility index (Phi) is 8.37. The first-order valence-electron chi connectivity index (χ1n) is 11.0. The molecule has 0 saturated carbocycles. The topological polar surface area (TPSA) is 35.0 Å². The van der Waals surface area contributed by atoms with Crippen LogP contribution in [0.3, 0.4) is 0 Å². The molecule has 0 aliphatic rings. The highest BCUT2D eigenvalue weighted by atomic mass is 19.1. The lowest BCUT2D eigenvalue weighted by molar-refractivity contribution is 0.192. The monoisotopic (exact) mass is 406 g/mol. The fourth-order valence-electron chi connectivity index (χ4n) is 3.25. The number of unbranched alkanes of at least 4 members (excludes halogenated alkanes) is 3. The van der Waals surface area contributed by atoms with Crippen molar-refractivity contribution in [2.45, 2.75) is 58.5 Å². The first-order chi connectivity index (χ1) is 14.7. The summed E-state index contributed by atoms with van der Waals surface area (Å²) in [5.41, 5.74) is 4.42. The normalized spacial score (nSPS) is 12.0. The van der Waals surface area contributed by atoms with Gasteiger partial charge in [0.15, 0.2) is 5.82 Å². The zero-order valence-electron chi connectivity index (χ0n) is 18.0. The van der Waals surface area contributed by atoms with Crippen molar-refractivity contribution in [2.75, 3.05) is 6.61 Å². The van der Waals surface area contributed by atoms with Crippen LogP contribution in [0.15, 0.2) is 60.9 Å². The number of ether oxygens (including phenoxy) is 1. The molecule has 4 heteroatoms. The van der Waals surface area contributed by atoms with Crippen LogP contribution in [0.2, 0.25) is 0 Å². The standard InChI is InChI=1S/C26H31FN2O/c1-3-5-6-7-8-20-9-11-21(12-10-20)23-17-28-26(29-18-23)22-13-15-25(16-14-22)30-19-24(27)4-2/h9-18,24H,3-8,19H2,1-2H3. The molecule has 158 valence electrons. The van der Waals surface area contributed by atoms with E-state index in [4.69, 9.17) is 4.74 Å². The molecule has 2 aromatic carbocycles. The van der Waals surface area contributed by atoms with Crippen LogP contribution in [0.5, 0.6) is 5.75 Å². The van der Waals surface area contributed by atoms with Crippen molar-refractivity contribution in [1.82, 2.24) is 9.97 Å². The number of halogens is 1. The van der Waals surface area contributed by atoms with E-state index >= 15 is 0 Å². The molecule has 1 unspecified atom stereocenters. The maximum absolute atomic E-state index is 13.3. The lowest BCUT2D eigenvalue weighted by Crippen LogP contribution is -2.11. The first-order valence-corrected chi connectivity index (χ1v) is 11.0. The molecule has 1 heterocycles. The molecule has 0 saturated heterocycles. The molecule has 3 rings (SSSR count). The molecule has 0 bridgehead atoms. The summed E-state index contributed by atoms with van der Waals surface area (Å²) < 4.78 is 18.8. The number of aryl methyl sites for hydroxylation is 1. The first kappa shape index (κ1) is 21.9. The lowest BCUT2D eigenvalue weighted by atomic mass is 10.0. The molecule has 0 amide bonds. The van der Waals surface area contributed by atoms with E-state index in [-0.39, 0.29) is 6.61 Å². The maximum atomic E-state index is 13.3. The van der Waals surface area contributed by atoms with Crippen LogP contribution in [0.1, 0.15) is 51.5 Å². The minimum absolute atomic E-state index is 0.0819. The van der Waals surface area contributed by atoms with Crippen molar-refractivity contribution in [1.29, 1.82) is 0 Å². The van der Waals surface area contributed by atoms with E-state index in [1.165, 1.54) is 31.2 Å². The van der Waals surface area contributed by atoms with E-state index in [1.807, 2.05) is 36.7 Å². The van der Waals surface area contributed by atoms with Gasteiger partial charge in [-0.1, -0.05) is 57.4 Å². The number of rotatable bonds is 11. The summed E-state index contributed by atoms with van der Waals surface area (Å²) in [6.45, 7) is 4.13. The third-order valence-corrected chi connectivity index (χ3v) is 5.24. The van der Waals surface area contributed by atoms with E-state index in [9.17, 15) is 4.39 Å². The molecular formula is C26H31FN2O. The van der Waals surface area contributed by atoms with Crippen molar-refractivity contribution in [2.24, 2.45) is 0 Å². The van der Waals surface area contributed by atoms with Crippen molar-refractivity contribution in [3.05, 3.63) is 66.5 Å². The molecular weight excluding hydrogens is 375 g/mol. The molecule has 1 atom stereocenters. The molecule has 0 N–H and O–H groups in total. The van der Waals surface area contributed by atoms with Gasteiger partial charge in [0.25, 0.3) is 0 Å². The number of hydrogen-bond acceptors (Lipinski definition) is 3. The zero-order valence-corrected chi connectivity index (χ0v) is 18.0. The molecule has 3 aromatic rings. The van der Waals surface area contributed by atoms with E-state index < -0.39 is 6.17 Å². The Bertz CT molecular complexity index is 876. The highest BCUT2D eigenvalue weighted by Crippen LogP contribution is 2.23. The summed E-state index contributed by atoms with van der Waals surface area (Å²) in [6, 6.07) is 16.2. The van der Waals surface area contributed by atoms with Crippen LogP contribution in [-0.2, 0) is 6.42 Å². The average Bonchev–Trinajstić information content (AvgIpc) is 2.81. The van der Waals surface area contributed by atoms with E-state index in [0.717, 1.165) is 23.1 Å². The van der Waals surface area contributed by atoms with Gasteiger partial charge in [0, 0.05) is 23.5 Å². The summed E-state index contributed by atoms with van der Waals surface area (Å²) in [5.74, 6) is 1.32. The van der Waals surface area contributed by atoms with Gasteiger partial charge in [0.05, 0.1) is 0 Å². The second-order valence-corrected chi connectivity index (χ2v) is 7.64. The fourth-order valence-corrected chi connectivity index (χ4v) is 3.25. The van der Waals surface area contributed by atoms with Crippen LogP contribution in [0, 0.1) is 0 Å². The summed E-state index contributed by atoms with van der Waals surface area (Å²) >= 11 is 0. The van der Waals surface area contributed by atoms with Gasteiger partial charge >= 0.3 is 0 Å². The Labute approximate surface area is 179 Å². The quantitative estimate of drug-likeness (QED) is 0.320. The van der Waals surface area contributed by atoms with Gasteiger partial charge < -0.3 is 4.74 Å². The Morgan fingerprint density at radius 3 is 2.10 bits per heavy atom. The summed E-state index contributed by atoms with van der Waals surface area (Å²) in [4.78, 5) is 9.05. The third-order valence-electron chi connectivity index (χ3n) is 5.24. The Morgan fingerprint density at radius 2 is 1.47 bits per heavy atom. The van der Waals surface area contributed by atoms with Crippen LogP contribution >= 0.6 is 0 Å². The summed E-state index contributed by atoms with van der Waals surface area (Å²) in [5, 5.41) is 0. The molecule has 0 spiro atoms. The number of aromatic nitrogens is 2. The predicted molar refractivity (Wildman–Crippen MR) is 121 cm³/mol. The van der Waals surface area contributed by atoms with Crippen molar-refractivity contribution < 1.29 is 9.13 Å². The molecule has 0 radical (unpaired) electrons. The minimum atomic E-state index is -0.935. The van der Waals surface area contributed by atoms with Crippen molar-refractivity contribution in [3.8, 4) is 28.3 Å². The van der Waals surface area contributed by atoms with Gasteiger partial charge in [-0.05, 0) is 54.7 Å². The van der Waals surface area contributed by atoms with Crippen LogP contribution < -0.4 is 4.74 Å². The predicted octanol–water partition coefficient (Wildman–Crippen LogP) is 7.06. The molecule has 1 aromatic heterocycles. The smallest absolute Gasteiger partial charge is 0.159 e. The van der Waals surface area contributed by atoms with Gasteiger partial charge in [-0.15, -0.1) is 0 Å². The van der Waals surface area contributed by atoms with Gasteiger partial charge in [0.1, 0.15) is 18.5 Å². The summed E-state index contributed by atoms with van der Waals surface area (Å²) in [7, 11) is 0. The van der Waals surface area contributed by atoms with E-state index in [2.05, 4.69) is 41.2 Å². The molecule has 0 aliphatic carbocycles. The van der Waals surface area contributed by atoms with E-state index in [1.54, 1.807) is 6.92 Å². The van der Waals surface area contributed by atoms with Gasteiger partial charge in [-0.3, -0.25) is 0 Å². The lowest BCUT2D eigenvalue weighted by Gasteiger charge is -2.09. The highest BCUT2D eigenvalue weighted by molar-refractivity contribution is 5.64. The van der Waals surface area contributed by atoms with Gasteiger partial charge in [-0.25, -0.2) is 14.4 Å². The van der Waals surface area contributed by atoms with Crippen molar-refractivity contribution >= 4 is 0 Å². The van der Waals surface area contributed by atoms with Crippen LogP contribution in [-0.4, -0.2) is 22.7 Å². The largest absolute Gasteiger partial charge is 0.491 e. The number of alkyl halides is 1. The number of nitrogens with zero attached hydrogens (tertiary/aromatic N) is 2. The van der Waals surface area contributed by atoms with Crippen molar-refractivity contribution in [3.63, 3.8) is 0 Å². The van der Waals surface area contributed by atoms with Crippen LogP contribution in [0.25, 0.3) is 22.5 Å². The zero-order chi connectivity index (χ0) is 21.2. The Balaban J connectivity index is 1.59. The molecule has 0 aliphatic heterocycles. The second-order valence-electron chi connectivity index (χ2n) is 7.64. The average molecular weight is 407 g/mol. The number of benzene rings is 2. The fraction of sp³-hybridized carbons (Fsp3) is 0.385. The highest BCUT2D eigenvalue weighted by Gasteiger charge is 2.06. The van der Waals surface area contributed by atoms with Gasteiger partial charge in [-0.2, -0.15) is 0 Å². The molecule has 0 fully saturated rings. The molecule has 30 heavy (non-hydrogen) atoms. The maximum Gasteiger partial charge on any atom is 0.159 e. The molecule has 3 nitrogen and oxygen atoms in total. The van der Waals surface area contributed by atoms with E-state index in [0.29, 0.717) is 18.0 Å². The minimum Gasteiger partial charge on any atom is -0.491 e. The SMILES string of the molecule is CCCCCCc1ccc(-c2cnc(-c3ccc(OCC(F)CC)cc3)nc2)cc1. The van der Waals surface area contributed by atoms with Crippen LogP contribution in [0.4, 0.5) is 4.39 Å². The number of hydrogen-bond donors (Lipinski definition) is 0. The Morgan fingerprint density at radius 1 is 0.800 bits per heavy atom. The third kappa shape index (κ3) is 6.38. The Hall–Kier alpha value is -2.75.